The fourth-order valence-electron chi connectivity index (χ4n) is 1.71. The van der Waals surface area contributed by atoms with Gasteiger partial charge in [0.25, 0.3) is 5.91 Å². The maximum absolute atomic E-state index is 12.2. The number of phenolic OH excluding ortho intramolecular Hbond substituents is 1. The molecule has 0 fully saturated rings. The van der Waals surface area contributed by atoms with E-state index in [1.54, 1.807) is 36.4 Å². The van der Waals surface area contributed by atoms with Crippen LogP contribution in [0.5, 0.6) is 5.75 Å². The molecule has 1 amide bonds. The molecule has 0 radical (unpaired) electrons. The molecule has 98 valence electrons. The number of hydrogen-bond donors (Lipinski definition) is 1. The second-order valence-electron chi connectivity index (χ2n) is 4.06. The van der Waals surface area contributed by atoms with Crippen LogP contribution in [-0.2, 0) is 11.4 Å². The van der Waals surface area contributed by atoms with Gasteiger partial charge in [0.15, 0.2) is 0 Å². The number of phenols is 1. The number of amides is 1. The van der Waals surface area contributed by atoms with E-state index in [0.717, 1.165) is 5.56 Å². The van der Waals surface area contributed by atoms with Crippen molar-refractivity contribution >= 4 is 5.91 Å². The Labute approximate surface area is 111 Å². The van der Waals surface area contributed by atoms with E-state index in [-0.39, 0.29) is 11.7 Å². The second-order valence-corrected chi connectivity index (χ2v) is 4.06. The van der Waals surface area contributed by atoms with E-state index in [9.17, 15) is 9.90 Å². The van der Waals surface area contributed by atoms with Crippen molar-refractivity contribution < 1.29 is 14.7 Å². The molecule has 4 nitrogen and oxygen atoms in total. The third-order valence-electron chi connectivity index (χ3n) is 2.73. The first kappa shape index (κ1) is 13.1. The molecule has 0 aliphatic rings. The van der Waals surface area contributed by atoms with E-state index >= 15 is 0 Å². The number of rotatable bonds is 4. The van der Waals surface area contributed by atoms with Crippen molar-refractivity contribution in [2.75, 3.05) is 7.11 Å². The van der Waals surface area contributed by atoms with Gasteiger partial charge >= 0.3 is 0 Å². The predicted octanol–water partition coefficient (Wildman–Crippen LogP) is 2.60. The zero-order chi connectivity index (χ0) is 13.7. The molecular weight excluding hydrogens is 242 g/mol. The summed E-state index contributed by atoms with van der Waals surface area (Å²) in [6, 6.07) is 15.6. The van der Waals surface area contributed by atoms with Gasteiger partial charge in [-0.05, 0) is 29.8 Å². The second kappa shape index (κ2) is 6.02. The first-order valence-electron chi connectivity index (χ1n) is 5.89. The van der Waals surface area contributed by atoms with Crippen LogP contribution < -0.4 is 0 Å². The number of carbonyl (C=O) groups excluding carboxylic acids is 1. The summed E-state index contributed by atoms with van der Waals surface area (Å²) in [5.41, 5.74) is 1.45. The van der Waals surface area contributed by atoms with Gasteiger partial charge in [-0.2, -0.15) is 0 Å². The topological polar surface area (TPSA) is 49.8 Å². The molecule has 2 aromatic carbocycles. The van der Waals surface area contributed by atoms with E-state index in [1.165, 1.54) is 12.2 Å². The summed E-state index contributed by atoms with van der Waals surface area (Å²) >= 11 is 0. The van der Waals surface area contributed by atoms with E-state index < -0.39 is 0 Å². The lowest BCUT2D eigenvalue weighted by atomic mass is 10.2. The quantitative estimate of drug-likeness (QED) is 0.856. The summed E-state index contributed by atoms with van der Waals surface area (Å²) in [4.78, 5) is 17.3. The molecule has 19 heavy (non-hydrogen) atoms. The molecule has 0 heterocycles. The Morgan fingerprint density at radius 3 is 2.32 bits per heavy atom. The number of hydrogen-bond acceptors (Lipinski definition) is 3. The van der Waals surface area contributed by atoms with Crippen LogP contribution in [0.15, 0.2) is 54.6 Å². The summed E-state index contributed by atoms with van der Waals surface area (Å²) in [6.07, 6.45) is 0. The number of benzene rings is 2. The van der Waals surface area contributed by atoms with Crippen molar-refractivity contribution in [3.05, 3.63) is 65.7 Å². The van der Waals surface area contributed by atoms with Crippen molar-refractivity contribution in [2.24, 2.45) is 0 Å². The minimum atomic E-state index is -0.198. The zero-order valence-corrected chi connectivity index (χ0v) is 10.6. The van der Waals surface area contributed by atoms with Gasteiger partial charge in [0.2, 0.25) is 0 Å². The molecular formula is C15H15NO3. The van der Waals surface area contributed by atoms with Crippen LogP contribution in [0.4, 0.5) is 0 Å². The Morgan fingerprint density at radius 1 is 1.11 bits per heavy atom. The average molecular weight is 257 g/mol. The smallest absolute Gasteiger partial charge is 0.277 e. The normalized spacial score (nSPS) is 10.2. The third-order valence-corrected chi connectivity index (χ3v) is 2.73. The lowest BCUT2D eigenvalue weighted by molar-refractivity contribution is -0.102. The first-order valence-corrected chi connectivity index (χ1v) is 5.89. The van der Waals surface area contributed by atoms with Crippen LogP contribution in [-0.4, -0.2) is 23.2 Å². The number of nitrogens with zero attached hydrogens (tertiary/aromatic N) is 1. The molecule has 0 aromatic heterocycles. The fourth-order valence-corrected chi connectivity index (χ4v) is 1.71. The summed E-state index contributed by atoms with van der Waals surface area (Å²) < 4.78 is 0. The van der Waals surface area contributed by atoms with Crippen molar-refractivity contribution in [3.63, 3.8) is 0 Å². The largest absolute Gasteiger partial charge is 0.508 e. The van der Waals surface area contributed by atoms with E-state index in [4.69, 9.17) is 4.84 Å². The predicted molar refractivity (Wildman–Crippen MR) is 71.4 cm³/mol. The van der Waals surface area contributed by atoms with Crippen LogP contribution in [0.1, 0.15) is 15.9 Å². The molecule has 0 atom stereocenters. The van der Waals surface area contributed by atoms with Crippen LogP contribution in [0.25, 0.3) is 0 Å². The van der Waals surface area contributed by atoms with Gasteiger partial charge in [-0.15, -0.1) is 0 Å². The first-order chi connectivity index (χ1) is 9.20. The molecule has 4 heteroatoms. The molecule has 0 unspecified atom stereocenters. The molecule has 0 saturated carbocycles. The van der Waals surface area contributed by atoms with Crippen LogP contribution >= 0.6 is 0 Å². The molecule has 0 spiro atoms. The lowest BCUT2D eigenvalue weighted by Gasteiger charge is -2.19. The number of hydroxylamine groups is 2. The third kappa shape index (κ3) is 3.33. The van der Waals surface area contributed by atoms with Crippen molar-refractivity contribution in [3.8, 4) is 5.75 Å². The Balaban J connectivity index is 2.12. The van der Waals surface area contributed by atoms with Gasteiger partial charge in [0.05, 0.1) is 13.7 Å². The molecule has 0 aliphatic heterocycles. The summed E-state index contributed by atoms with van der Waals surface area (Å²) in [5.74, 6) is -0.00159. The van der Waals surface area contributed by atoms with Crippen molar-refractivity contribution in [1.82, 2.24) is 5.06 Å². The average Bonchev–Trinajstić information content (AvgIpc) is 2.47. The van der Waals surface area contributed by atoms with Gasteiger partial charge in [-0.1, -0.05) is 30.3 Å². The standard InChI is InChI=1S/C15H15NO3/c1-19-16(11-12-7-9-14(17)10-8-12)15(18)13-5-3-2-4-6-13/h2-10,17H,11H2,1H3. The monoisotopic (exact) mass is 257 g/mol. The fraction of sp³-hybridized carbons (Fsp3) is 0.133. The van der Waals surface area contributed by atoms with Gasteiger partial charge in [0, 0.05) is 5.56 Å². The van der Waals surface area contributed by atoms with Crippen molar-refractivity contribution in [1.29, 1.82) is 0 Å². The molecule has 1 N–H and O–H groups in total. The van der Waals surface area contributed by atoms with Gasteiger partial charge in [-0.25, -0.2) is 5.06 Å². The summed E-state index contributed by atoms with van der Waals surface area (Å²) in [7, 11) is 1.46. The Hall–Kier alpha value is -2.33. The van der Waals surface area contributed by atoms with Crippen molar-refractivity contribution in [2.45, 2.75) is 6.54 Å². The van der Waals surface area contributed by atoms with Gasteiger partial charge in [-0.3, -0.25) is 9.63 Å². The summed E-state index contributed by atoms with van der Waals surface area (Å²) in [6.45, 7) is 0.324. The van der Waals surface area contributed by atoms with E-state index in [0.29, 0.717) is 12.1 Å². The highest BCUT2D eigenvalue weighted by atomic mass is 16.7. The molecule has 0 aliphatic carbocycles. The highest BCUT2D eigenvalue weighted by Gasteiger charge is 2.15. The maximum Gasteiger partial charge on any atom is 0.277 e. The molecule has 0 saturated heterocycles. The maximum atomic E-state index is 12.2. The zero-order valence-electron chi connectivity index (χ0n) is 10.6. The Kier molecular flexibility index (Phi) is 4.15. The highest BCUT2D eigenvalue weighted by Crippen LogP contribution is 2.13. The number of aromatic hydroxyl groups is 1. The van der Waals surface area contributed by atoms with E-state index in [1.807, 2.05) is 18.2 Å². The molecule has 2 rings (SSSR count). The Morgan fingerprint density at radius 2 is 1.74 bits per heavy atom. The minimum Gasteiger partial charge on any atom is -0.508 e. The van der Waals surface area contributed by atoms with Crippen LogP contribution in [0.2, 0.25) is 0 Å². The minimum absolute atomic E-state index is 0.196. The van der Waals surface area contributed by atoms with Gasteiger partial charge < -0.3 is 5.11 Å². The molecule has 2 aromatic rings. The Bertz CT molecular complexity index is 537. The summed E-state index contributed by atoms with van der Waals surface area (Å²) in [5, 5.41) is 10.5. The van der Waals surface area contributed by atoms with Crippen LogP contribution in [0.3, 0.4) is 0 Å². The lowest BCUT2D eigenvalue weighted by Crippen LogP contribution is -2.29. The van der Waals surface area contributed by atoms with E-state index in [2.05, 4.69) is 0 Å². The van der Waals surface area contributed by atoms with Gasteiger partial charge in [0.1, 0.15) is 5.75 Å². The number of carbonyl (C=O) groups is 1. The highest BCUT2D eigenvalue weighted by molar-refractivity contribution is 5.93. The molecule has 0 bridgehead atoms. The SMILES string of the molecule is CON(Cc1ccc(O)cc1)C(=O)c1ccccc1. The van der Waals surface area contributed by atoms with Crippen LogP contribution in [0, 0.1) is 0 Å².